The maximum absolute atomic E-state index is 14.5. The minimum absolute atomic E-state index is 0.0435. The molecule has 0 heterocycles. The molecule has 0 saturated carbocycles. The Balaban J connectivity index is 1.80. The predicted octanol–water partition coefficient (Wildman–Crippen LogP) is 4.70. The molecule has 11 heteroatoms. The Hall–Kier alpha value is -3.73. The summed E-state index contributed by atoms with van der Waals surface area (Å²) in [6.45, 7) is 4.64. The number of hydrogen-bond acceptors (Lipinski definition) is 6. The van der Waals surface area contributed by atoms with Gasteiger partial charge < -0.3 is 9.47 Å². The highest BCUT2D eigenvalue weighted by atomic mass is 35.5. The Morgan fingerprint density at radius 1 is 1.16 bits per heavy atom. The number of aryl methyl sites for hydroxylation is 1. The van der Waals surface area contributed by atoms with Crippen LogP contribution in [0.4, 0.5) is 4.39 Å². The number of hydrazone groups is 1. The molecule has 0 aliphatic carbocycles. The van der Waals surface area contributed by atoms with Crippen molar-refractivity contribution in [2.24, 2.45) is 5.10 Å². The van der Waals surface area contributed by atoms with Crippen LogP contribution in [0, 0.1) is 12.7 Å². The fourth-order valence-electron chi connectivity index (χ4n) is 3.35. The number of rotatable bonds is 12. The number of nitrogens with one attached hydrogen (secondary N) is 1. The third-order valence-corrected chi connectivity index (χ3v) is 7.48. The van der Waals surface area contributed by atoms with Crippen molar-refractivity contribution in [2.45, 2.75) is 18.4 Å². The minimum Gasteiger partial charge on any atom is -0.493 e. The smallest absolute Gasteiger partial charge is 0.255 e. The van der Waals surface area contributed by atoms with Crippen LogP contribution in [0.2, 0.25) is 5.02 Å². The van der Waals surface area contributed by atoms with Gasteiger partial charge in [-0.1, -0.05) is 48.0 Å². The van der Waals surface area contributed by atoms with Crippen molar-refractivity contribution in [3.05, 3.63) is 101 Å². The highest BCUT2D eigenvalue weighted by Crippen LogP contribution is 2.28. The monoisotopic (exact) mass is 559 g/mol. The molecule has 0 aromatic heterocycles. The molecule has 0 spiro atoms. The van der Waals surface area contributed by atoms with Crippen LogP contribution in [0.1, 0.15) is 16.7 Å². The van der Waals surface area contributed by atoms with Crippen LogP contribution in [-0.2, 0) is 21.4 Å². The molecule has 3 rings (SSSR count). The van der Waals surface area contributed by atoms with Gasteiger partial charge in [0, 0.05) is 17.1 Å². The maximum Gasteiger partial charge on any atom is 0.255 e. The number of sulfonamides is 1. The summed E-state index contributed by atoms with van der Waals surface area (Å²) in [4.78, 5) is 12.7. The van der Waals surface area contributed by atoms with Crippen LogP contribution in [0.5, 0.6) is 11.5 Å². The van der Waals surface area contributed by atoms with Gasteiger partial charge in [-0.05, 0) is 55.0 Å². The average molecular weight is 560 g/mol. The number of hydrogen-bond donors (Lipinski definition) is 1. The zero-order chi connectivity index (χ0) is 27.7. The van der Waals surface area contributed by atoms with Crippen LogP contribution >= 0.6 is 11.6 Å². The second-order valence-corrected chi connectivity index (χ2v) is 10.4. The van der Waals surface area contributed by atoms with E-state index in [2.05, 4.69) is 17.1 Å². The van der Waals surface area contributed by atoms with Gasteiger partial charge in [-0.25, -0.2) is 18.2 Å². The summed E-state index contributed by atoms with van der Waals surface area (Å²) in [5.74, 6) is -0.451. The molecule has 38 heavy (non-hydrogen) atoms. The summed E-state index contributed by atoms with van der Waals surface area (Å²) in [6, 6.07) is 15.2. The van der Waals surface area contributed by atoms with Gasteiger partial charge in [0.1, 0.15) is 12.4 Å². The number of amides is 1. The Bertz CT molecular complexity index is 1410. The zero-order valence-electron chi connectivity index (χ0n) is 20.9. The summed E-state index contributed by atoms with van der Waals surface area (Å²) < 4.78 is 52.9. The highest BCUT2D eigenvalue weighted by molar-refractivity contribution is 7.89. The maximum atomic E-state index is 14.5. The Kier molecular flexibility index (Phi) is 10.0. The first kappa shape index (κ1) is 28.8. The molecule has 0 radical (unpaired) electrons. The number of methoxy groups -OCH3 is 1. The molecule has 1 amide bonds. The molecule has 200 valence electrons. The standard InChI is InChI=1S/C27H27ClFN3O5S/c1-4-14-37-25-13-10-20(15-26(25)36-3)16-30-31-27(33)18-32(17-22-23(28)6-5-7-24(22)29)38(34,35)21-11-8-19(2)9-12-21/h4-13,15-16H,1,14,17-18H2,2-3H3,(H,31,33)/b30-16-. The highest BCUT2D eigenvalue weighted by Gasteiger charge is 2.28. The lowest BCUT2D eigenvalue weighted by molar-refractivity contribution is -0.121. The van der Waals surface area contributed by atoms with Gasteiger partial charge in [0.25, 0.3) is 5.91 Å². The van der Waals surface area contributed by atoms with E-state index < -0.39 is 34.8 Å². The molecule has 0 saturated heterocycles. The van der Waals surface area contributed by atoms with E-state index in [1.54, 1.807) is 36.4 Å². The third kappa shape index (κ3) is 7.41. The Morgan fingerprint density at radius 3 is 2.55 bits per heavy atom. The van der Waals surface area contributed by atoms with Gasteiger partial charge in [-0.2, -0.15) is 9.41 Å². The first-order valence-corrected chi connectivity index (χ1v) is 13.2. The molecule has 0 aliphatic heterocycles. The first-order chi connectivity index (χ1) is 18.1. The fourth-order valence-corrected chi connectivity index (χ4v) is 4.94. The van der Waals surface area contributed by atoms with Crippen LogP contribution in [0.3, 0.4) is 0 Å². The molecule has 0 aliphatic rings. The van der Waals surface area contributed by atoms with Gasteiger partial charge in [0.2, 0.25) is 10.0 Å². The van der Waals surface area contributed by atoms with E-state index in [1.807, 2.05) is 6.92 Å². The molecule has 0 fully saturated rings. The van der Waals surface area contributed by atoms with Crippen LogP contribution in [0.15, 0.2) is 83.3 Å². The van der Waals surface area contributed by atoms with E-state index in [1.165, 1.54) is 43.7 Å². The van der Waals surface area contributed by atoms with Crippen LogP contribution < -0.4 is 14.9 Å². The molecule has 3 aromatic carbocycles. The summed E-state index contributed by atoms with van der Waals surface area (Å²) in [5.41, 5.74) is 3.71. The van der Waals surface area contributed by atoms with Gasteiger partial charge in [0.05, 0.1) is 24.8 Å². The van der Waals surface area contributed by atoms with Gasteiger partial charge in [-0.3, -0.25) is 4.79 Å². The number of ether oxygens (including phenoxy) is 2. The quantitative estimate of drug-likeness (QED) is 0.197. The largest absolute Gasteiger partial charge is 0.493 e. The molecular weight excluding hydrogens is 533 g/mol. The molecule has 3 aromatic rings. The molecule has 0 atom stereocenters. The molecule has 8 nitrogen and oxygen atoms in total. The third-order valence-electron chi connectivity index (χ3n) is 5.32. The fraction of sp³-hybridized carbons (Fsp3) is 0.185. The minimum atomic E-state index is -4.19. The van der Waals surface area contributed by atoms with Crippen molar-refractivity contribution < 1.29 is 27.1 Å². The van der Waals surface area contributed by atoms with Crippen molar-refractivity contribution >= 4 is 33.7 Å². The predicted molar refractivity (Wildman–Crippen MR) is 145 cm³/mol. The van der Waals surface area contributed by atoms with Gasteiger partial charge in [-0.15, -0.1) is 0 Å². The van der Waals surface area contributed by atoms with E-state index >= 15 is 0 Å². The van der Waals surface area contributed by atoms with E-state index in [4.69, 9.17) is 21.1 Å². The summed E-state index contributed by atoms with van der Waals surface area (Å²) in [5, 5.41) is 3.96. The van der Waals surface area contributed by atoms with E-state index in [9.17, 15) is 17.6 Å². The average Bonchev–Trinajstić information content (AvgIpc) is 2.89. The number of carbonyl (C=O) groups is 1. The molecule has 0 bridgehead atoms. The Morgan fingerprint density at radius 2 is 1.89 bits per heavy atom. The van der Waals surface area contributed by atoms with Gasteiger partial charge >= 0.3 is 0 Å². The number of benzene rings is 3. The normalized spacial score (nSPS) is 11.5. The van der Waals surface area contributed by atoms with Gasteiger partial charge in [0.15, 0.2) is 11.5 Å². The van der Waals surface area contributed by atoms with E-state index in [0.29, 0.717) is 23.7 Å². The van der Waals surface area contributed by atoms with Crippen LogP contribution in [-0.4, -0.2) is 45.1 Å². The topological polar surface area (TPSA) is 97.3 Å². The van der Waals surface area contributed by atoms with E-state index in [0.717, 1.165) is 9.87 Å². The number of nitrogens with zero attached hydrogens (tertiary/aromatic N) is 2. The second kappa shape index (κ2) is 13.2. The van der Waals surface area contributed by atoms with Crippen molar-refractivity contribution in [1.29, 1.82) is 0 Å². The first-order valence-electron chi connectivity index (χ1n) is 11.4. The molecule has 1 N–H and O–H groups in total. The van der Waals surface area contributed by atoms with Crippen molar-refractivity contribution in [1.82, 2.24) is 9.73 Å². The molecular formula is C27H27ClFN3O5S. The number of carbonyl (C=O) groups excluding carboxylic acids is 1. The van der Waals surface area contributed by atoms with Crippen molar-refractivity contribution in [3.63, 3.8) is 0 Å². The second-order valence-electron chi connectivity index (χ2n) is 8.09. The van der Waals surface area contributed by atoms with Crippen molar-refractivity contribution in [3.8, 4) is 11.5 Å². The Labute approximate surface area is 226 Å². The number of halogens is 2. The van der Waals surface area contributed by atoms with Crippen molar-refractivity contribution in [2.75, 3.05) is 20.3 Å². The van der Waals surface area contributed by atoms with Crippen LogP contribution in [0.25, 0.3) is 0 Å². The summed E-state index contributed by atoms with van der Waals surface area (Å²) in [6.07, 6.45) is 2.97. The van der Waals surface area contributed by atoms with E-state index in [-0.39, 0.29) is 15.5 Å². The lowest BCUT2D eigenvalue weighted by atomic mass is 10.2. The lowest BCUT2D eigenvalue weighted by Gasteiger charge is -2.22. The lowest BCUT2D eigenvalue weighted by Crippen LogP contribution is -2.39. The SMILES string of the molecule is C=CCOc1ccc(/C=N\NC(=O)CN(Cc2c(F)cccc2Cl)S(=O)(=O)c2ccc(C)cc2)cc1OC. The molecule has 0 unspecified atom stereocenters. The summed E-state index contributed by atoms with van der Waals surface area (Å²) in [7, 11) is -2.70. The summed E-state index contributed by atoms with van der Waals surface area (Å²) >= 11 is 6.13. The zero-order valence-corrected chi connectivity index (χ0v) is 22.4.